The number of carbonyl (C=O) groups excluding carboxylic acids is 1. The van der Waals surface area contributed by atoms with Crippen LogP contribution in [0.1, 0.15) is 30.1 Å². The smallest absolute Gasteiger partial charge is 0.331 e. The van der Waals surface area contributed by atoms with E-state index < -0.39 is 12.1 Å². The lowest BCUT2D eigenvalue weighted by molar-refractivity contribution is -0.142. The number of ether oxygens (including phenoxy) is 2. The normalized spacial score (nSPS) is 12.0. The molecule has 4 aromatic rings. The monoisotopic (exact) mass is 427 g/mol. The molecule has 2 heterocycles. The molecule has 1 atom stereocenters. The summed E-state index contributed by atoms with van der Waals surface area (Å²) in [4.78, 5) is 35.7. The van der Waals surface area contributed by atoms with Crippen LogP contribution in [0.25, 0.3) is 17.0 Å². The highest BCUT2D eigenvalue weighted by atomic mass is 16.5. The molecule has 1 N–H and O–H groups in total. The van der Waals surface area contributed by atoms with Gasteiger partial charge in [0, 0.05) is 12.3 Å². The van der Waals surface area contributed by atoms with Crippen molar-refractivity contribution in [3.8, 4) is 5.75 Å². The number of nitrogens with one attached hydrogen (secondary N) is 1. The minimum absolute atomic E-state index is 0.269. The van der Waals surface area contributed by atoms with E-state index in [-0.39, 0.29) is 5.56 Å². The Bertz CT molecular complexity index is 1300. The van der Waals surface area contributed by atoms with Gasteiger partial charge in [0.2, 0.25) is 0 Å². The predicted octanol–water partition coefficient (Wildman–Crippen LogP) is 4.21. The minimum atomic E-state index is -0.702. The molecule has 0 radical (unpaired) electrons. The second-order valence-electron chi connectivity index (χ2n) is 7.06. The van der Waals surface area contributed by atoms with Gasteiger partial charge < -0.3 is 14.5 Å². The summed E-state index contributed by atoms with van der Waals surface area (Å²) in [7, 11) is 0. The second kappa shape index (κ2) is 9.70. The molecule has 7 heteroatoms. The first kappa shape index (κ1) is 21.0. The van der Waals surface area contributed by atoms with Crippen LogP contribution < -0.4 is 10.3 Å². The van der Waals surface area contributed by atoms with E-state index in [1.165, 1.54) is 6.08 Å². The van der Waals surface area contributed by atoms with Crippen molar-refractivity contribution in [2.75, 3.05) is 0 Å². The Labute approximate surface area is 184 Å². The lowest BCUT2D eigenvalue weighted by Crippen LogP contribution is -2.16. The lowest BCUT2D eigenvalue weighted by Gasteiger charge is -2.11. The predicted molar refractivity (Wildman–Crippen MR) is 121 cm³/mol. The molecule has 0 aliphatic carbocycles. The fraction of sp³-hybridized carbons (Fsp3) is 0.120. The average Bonchev–Trinajstić information content (AvgIpc) is 2.82. The van der Waals surface area contributed by atoms with Gasteiger partial charge in [-0.2, -0.15) is 0 Å². The first-order valence-electron chi connectivity index (χ1n) is 10.1. The summed E-state index contributed by atoms with van der Waals surface area (Å²) in [5.41, 5.74) is 1.94. The summed E-state index contributed by atoms with van der Waals surface area (Å²) in [5.74, 6) is 0.462. The Balaban J connectivity index is 1.34. The zero-order chi connectivity index (χ0) is 22.3. The van der Waals surface area contributed by atoms with Gasteiger partial charge in [0.05, 0.1) is 16.6 Å². The highest BCUT2D eigenvalue weighted by Gasteiger charge is 2.14. The molecule has 7 nitrogen and oxygen atoms in total. The number of H-pyrrole nitrogens is 1. The number of aromatic nitrogens is 3. The Kier molecular flexibility index (Phi) is 6.36. The topological polar surface area (TPSA) is 94.2 Å². The van der Waals surface area contributed by atoms with Gasteiger partial charge in [0.15, 0.2) is 11.9 Å². The molecule has 160 valence electrons. The van der Waals surface area contributed by atoms with Crippen LogP contribution in [0.5, 0.6) is 5.75 Å². The Morgan fingerprint density at radius 1 is 1.06 bits per heavy atom. The van der Waals surface area contributed by atoms with Gasteiger partial charge in [-0.05, 0) is 55.0 Å². The summed E-state index contributed by atoms with van der Waals surface area (Å²) >= 11 is 0. The van der Waals surface area contributed by atoms with Crippen LogP contribution in [0.3, 0.4) is 0 Å². The Morgan fingerprint density at radius 3 is 2.62 bits per heavy atom. The van der Waals surface area contributed by atoms with Crippen molar-refractivity contribution < 1.29 is 14.3 Å². The third-order valence-corrected chi connectivity index (χ3v) is 4.71. The number of benzene rings is 2. The third kappa shape index (κ3) is 5.26. The highest BCUT2D eigenvalue weighted by molar-refractivity contribution is 5.87. The molecule has 2 aromatic carbocycles. The maximum atomic E-state index is 12.2. The number of para-hydroxylation sites is 1. The molecule has 0 spiro atoms. The van der Waals surface area contributed by atoms with Crippen molar-refractivity contribution in [3.05, 3.63) is 106 Å². The lowest BCUT2D eigenvalue weighted by atomic mass is 10.2. The number of hydrogen-bond acceptors (Lipinski definition) is 6. The van der Waals surface area contributed by atoms with Crippen molar-refractivity contribution in [1.82, 2.24) is 15.0 Å². The molecular weight excluding hydrogens is 406 g/mol. The largest absolute Gasteiger partial charge is 0.487 e. The Morgan fingerprint density at radius 2 is 1.84 bits per heavy atom. The number of hydrogen-bond donors (Lipinski definition) is 1. The molecular formula is C25H21N3O4. The highest BCUT2D eigenvalue weighted by Crippen LogP contribution is 2.17. The van der Waals surface area contributed by atoms with Crippen molar-refractivity contribution in [2.45, 2.75) is 19.6 Å². The number of nitrogens with zero attached hydrogens (tertiary/aromatic N) is 2. The third-order valence-electron chi connectivity index (χ3n) is 4.71. The molecule has 0 bridgehead atoms. The van der Waals surface area contributed by atoms with Gasteiger partial charge in [-0.1, -0.05) is 30.3 Å². The molecule has 0 amide bonds. The van der Waals surface area contributed by atoms with Gasteiger partial charge in [-0.25, -0.2) is 9.78 Å². The number of pyridine rings is 1. The number of rotatable bonds is 7. The van der Waals surface area contributed by atoms with Crippen LogP contribution in [-0.4, -0.2) is 20.9 Å². The number of aromatic amines is 1. The maximum Gasteiger partial charge on any atom is 0.331 e. The molecule has 2 aromatic heterocycles. The summed E-state index contributed by atoms with van der Waals surface area (Å²) in [6.45, 7) is 2.04. The van der Waals surface area contributed by atoms with E-state index in [4.69, 9.17) is 9.47 Å². The van der Waals surface area contributed by atoms with Crippen molar-refractivity contribution in [3.63, 3.8) is 0 Å². The molecule has 0 saturated heterocycles. The van der Waals surface area contributed by atoms with Crippen molar-refractivity contribution in [2.24, 2.45) is 0 Å². The van der Waals surface area contributed by atoms with E-state index in [1.54, 1.807) is 43.5 Å². The van der Waals surface area contributed by atoms with Crippen LogP contribution in [-0.2, 0) is 16.1 Å². The summed E-state index contributed by atoms with van der Waals surface area (Å²) < 4.78 is 11.1. The van der Waals surface area contributed by atoms with Crippen LogP contribution in [0.4, 0.5) is 0 Å². The molecule has 0 aliphatic heterocycles. The molecule has 4 rings (SSSR count). The van der Waals surface area contributed by atoms with Crippen LogP contribution in [0.15, 0.2) is 83.8 Å². The van der Waals surface area contributed by atoms with Gasteiger partial charge in [-0.3, -0.25) is 9.78 Å². The average molecular weight is 427 g/mol. The van der Waals surface area contributed by atoms with Crippen LogP contribution in [0, 0.1) is 0 Å². The van der Waals surface area contributed by atoms with Crippen molar-refractivity contribution >= 4 is 22.9 Å². The minimum Gasteiger partial charge on any atom is -0.487 e. The van der Waals surface area contributed by atoms with E-state index in [0.717, 1.165) is 11.3 Å². The Hall–Kier alpha value is -4.26. The quantitative estimate of drug-likeness (QED) is 0.351. The molecule has 32 heavy (non-hydrogen) atoms. The summed E-state index contributed by atoms with van der Waals surface area (Å²) in [5, 5.41) is 0.488. The molecule has 1 unspecified atom stereocenters. The molecule has 0 fully saturated rings. The van der Waals surface area contributed by atoms with E-state index in [2.05, 4.69) is 15.0 Å². The molecule has 0 aliphatic rings. The SMILES string of the molecule is CC(OC(=O)C=Cc1ccc(OCc2ccccn2)cc1)c1nc2ccccc2c(=O)[nH]1. The van der Waals surface area contributed by atoms with E-state index in [1.807, 2.05) is 42.5 Å². The summed E-state index contributed by atoms with van der Waals surface area (Å²) in [6, 6.07) is 20.0. The first-order chi connectivity index (χ1) is 15.6. The van der Waals surface area contributed by atoms with E-state index in [9.17, 15) is 9.59 Å². The van der Waals surface area contributed by atoms with Gasteiger partial charge in [0.25, 0.3) is 5.56 Å². The number of fused-ring (bicyclic) bond motifs is 1. The first-order valence-corrected chi connectivity index (χ1v) is 10.1. The molecule has 0 saturated carbocycles. The van der Waals surface area contributed by atoms with Gasteiger partial charge in [0.1, 0.15) is 12.4 Å². The zero-order valence-corrected chi connectivity index (χ0v) is 17.4. The van der Waals surface area contributed by atoms with Gasteiger partial charge in [-0.15, -0.1) is 0 Å². The maximum absolute atomic E-state index is 12.2. The number of carbonyl (C=O) groups is 1. The van der Waals surface area contributed by atoms with Gasteiger partial charge >= 0.3 is 5.97 Å². The fourth-order valence-electron chi connectivity index (χ4n) is 3.05. The summed E-state index contributed by atoms with van der Waals surface area (Å²) in [6.07, 6.45) is 4.00. The zero-order valence-electron chi connectivity index (χ0n) is 17.4. The van der Waals surface area contributed by atoms with Crippen molar-refractivity contribution in [1.29, 1.82) is 0 Å². The van der Waals surface area contributed by atoms with E-state index >= 15 is 0 Å². The van der Waals surface area contributed by atoms with Crippen LogP contribution in [0.2, 0.25) is 0 Å². The van der Waals surface area contributed by atoms with Crippen LogP contribution >= 0.6 is 0 Å². The number of esters is 1. The fourth-order valence-corrected chi connectivity index (χ4v) is 3.05. The second-order valence-corrected chi connectivity index (χ2v) is 7.06. The van der Waals surface area contributed by atoms with E-state index in [0.29, 0.717) is 29.1 Å². The standard InChI is InChI=1S/C25H21N3O4/c1-17(24-27-22-8-3-2-7-21(22)25(30)28-24)32-23(29)14-11-18-9-12-20(13-10-18)31-16-19-6-4-5-15-26-19/h2-15,17H,16H2,1H3,(H,27,28,30).